The van der Waals surface area contributed by atoms with Crippen LogP contribution < -0.4 is 25.5 Å². The molecule has 0 atom stereocenters. The van der Waals surface area contributed by atoms with Crippen LogP contribution in [0, 0.1) is 11.8 Å². The summed E-state index contributed by atoms with van der Waals surface area (Å²) in [6, 6.07) is 63.6. The Labute approximate surface area is 349 Å². The van der Waals surface area contributed by atoms with Crippen LogP contribution in [0.25, 0.3) is 33.5 Å². The van der Waals surface area contributed by atoms with Gasteiger partial charge in [-0.25, -0.2) is 4.98 Å². The van der Waals surface area contributed by atoms with Gasteiger partial charge >= 0.3 is 0 Å². The predicted octanol–water partition coefficient (Wildman–Crippen LogP) is 10.6. The second kappa shape index (κ2) is 13.7. The Balaban J connectivity index is 1.20. The number of hydrogen-bond acceptors (Lipinski definition) is 2. The summed E-state index contributed by atoms with van der Waals surface area (Å²) in [6.45, 7) is 0. The Morgan fingerprint density at radius 2 is 1.10 bits per heavy atom. The molecule has 12 rings (SSSR count). The first-order valence-electron chi connectivity index (χ1n) is 22.5. The first kappa shape index (κ1) is 32.7. The molecular formula is C54H47N3OSi. The average molecular weight is 784 g/mol. The van der Waals surface area contributed by atoms with Gasteiger partial charge in [-0.2, -0.15) is 0 Å². The van der Waals surface area contributed by atoms with Crippen molar-refractivity contribution in [2.75, 3.05) is 0 Å². The van der Waals surface area contributed by atoms with Gasteiger partial charge in [0, 0.05) is 25.0 Å². The molecule has 0 bridgehead atoms. The van der Waals surface area contributed by atoms with Crippen molar-refractivity contribution in [1.29, 1.82) is 0 Å². The lowest BCUT2D eigenvalue weighted by Gasteiger charge is -2.50. The standard InChI is InChI=1S/C54H47N3OSi/c1-3-24-41(25-4-1)59(42-26-5-2-6-27-42,43-28-17-23-40(37-43)56-48-33-14-15-34-49(48)57-47-32-13-12-31-46(47)55-53(56)57)51-36-18-30-45-52(51)58-50-35-16-11-29-44(50)54(45,38-19-7-8-20-38)39-21-9-10-22-39/h1-6,11-18,23-39H,7-10,19-22H2/i38D,39D. The van der Waals surface area contributed by atoms with Crippen molar-refractivity contribution in [1.82, 2.24) is 14.0 Å². The lowest BCUT2D eigenvalue weighted by Crippen LogP contribution is -2.75. The maximum absolute atomic E-state index is 10.7. The fraction of sp³-hybridized carbons (Fsp3) is 0.204. The Kier molecular flexibility index (Phi) is 7.61. The highest BCUT2D eigenvalue weighted by molar-refractivity contribution is 7.20. The Morgan fingerprint density at radius 3 is 1.81 bits per heavy atom. The Bertz CT molecular complexity index is 3060. The van der Waals surface area contributed by atoms with E-state index in [-0.39, 0.29) is 0 Å². The number of para-hydroxylation sites is 6. The minimum absolute atomic E-state index is 0.774. The van der Waals surface area contributed by atoms with Gasteiger partial charge in [-0.15, -0.1) is 0 Å². The second-order valence-electron chi connectivity index (χ2n) is 16.7. The summed E-state index contributed by atoms with van der Waals surface area (Å²) in [5.41, 5.74) is 6.47. The minimum atomic E-state index is -3.29. The molecule has 9 aromatic rings. The number of ether oxygens (including phenoxy) is 1. The van der Waals surface area contributed by atoms with E-state index >= 15 is 0 Å². The summed E-state index contributed by atoms with van der Waals surface area (Å²) in [6.07, 6.45) is 7.12. The van der Waals surface area contributed by atoms with Crippen molar-refractivity contribution in [3.8, 4) is 17.2 Å². The van der Waals surface area contributed by atoms with Crippen LogP contribution in [0.5, 0.6) is 11.5 Å². The maximum Gasteiger partial charge on any atom is 0.220 e. The van der Waals surface area contributed by atoms with Crippen molar-refractivity contribution >= 4 is 56.7 Å². The lowest BCUT2D eigenvalue weighted by atomic mass is 9.56. The zero-order chi connectivity index (χ0) is 40.8. The van der Waals surface area contributed by atoms with E-state index in [1.54, 1.807) is 0 Å². The van der Waals surface area contributed by atoms with Crippen LogP contribution in [0.4, 0.5) is 0 Å². The molecule has 0 spiro atoms. The summed E-state index contributed by atoms with van der Waals surface area (Å²) in [5.74, 6) is 0.804. The molecular weight excluding hydrogens is 735 g/mol. The van der Waals surface area contributed by atoms with Crippen LogP contribution >= 0.6 is 0 Å². The van der Waals surface area contributed by atoms with Crippen molar-refractivity contribution < 1.29 is 7.48 Å². The molecule has 59 heavy (non-hydrogen) atoms. The number of nitrogens with zero attached hydrogens (tertiary/aromatic N) is 3. The molecule has 5 heteroatoms. The highest BCUT2D eigenvalue weighted by Crippen LogP contribution is 2.61. The summed E-state index contributed by atoms with van der Waals surface area (Å²) >= 11 is 0. The van der Waals surface area contributed by atoms with E-state index in [2.05, 4.69) is 185 Å². The first-order valence-corrected chi connectivity index (χ1v) is 23.5. The fourth-order valence-corrected chi connectivity index (χ4v) is 16.5. The van der Waals surface area contributed by atoms with Crippen molar-refractivity contribution in [3.63, 3.8) is 0 Å². The summed E-state index contributed by atoms with van der Waals surface area (Å²) in [4.78, 5) is 5.26. The van der Waals surface area contributed by atoms with Crippen LogP contribution in [0.3, 0.4) is 0 Å². The number of benzene rings is 7. The minimum Gasteiger partial charge on any atom is -0.457 e. The molecule has 2 fully saturated rings. The molecule has 1 aliphatic heterocycles. The molecule has 0 amide bonds. The molecule has 0 unspecified atom stereocenters. The monoisotopic (exact) mass is 783 g/mol. The van der Waals surface area contributed by atoms with Gasteiger partial charge in [-0.1, -0.05) is 159 Å². The Hall–Kier alpha value is -6.17. The molecule has 2 saturated carbocycles. The second-order valence-corrected chi connectivity index (χ2v) is 20.5. The number of hydrogen-bond donors (Lipinski definition) is 0. The first-order chi connectivity index (χ1) is 30.0. The third kappa shape index (κ3) is 4.97. The molecule has 0 saturated heterocycles. The normalized spacial score (nSPS) is 18.3. The van der Waals surface area contributed by atoms with Gasteiger partial charge in [-0.3, -0.25) is 8.97 Å². The van der Waals surface area contributed by atoms with E-state index in [1.807, 2.05) is 0 Å². The lowest BCUT2D eigenvalue weighted by molar-refractivity contribution is 0.197. The third-order valence-corrected chi connectivity index (χ3v) is 18.6. The SMILES string of the molecule is [2H]C1(C2(C3([2H])CCCC3)c3ccccc3Oc3c2cccc3[Si](c2ccccc2)(c2ccccc2)c2cccc(-n3c4ccccc4n4c5ccccc5nc34)c2)CCCC1. The van der Waals surface area contributed by atoms with Crippen LogP contribution in [-0.4, -0.2) is 22.0 Å². The predicted molar refractivity (Wildman–Crippen MR) is 244 cm³/mol. The topological polar surface area (TPSA) is 31.5 Å². The summed E-state index contributed by atoms with van der Waals surface area (Å²) < 4.78 is 33.4. The average Bonchev–Trinajstić information content (AvgIpc) is 4.11. The van der Waals surface area contributed by atoms with Gasteiger partial charge < -0.3 is 4.74 Å². The molecule has 0 radical (unpaired) electrons. The summed E-state index contributed by atoms with van der Waals surface area (Å²) in [5, 5.41) is 4.86. The van der Waals surface area contributed by atoms with E-state index < -0.39 is 25.3 Å². The largest absolute Gasteiger partial charge is 0.457 e. The molecule has 3 heterocycles. The molecule has 3 aliphatic rings. The summed E-state index contributed by atoms with van der Waals surface area (Å²) in [7, 11) is -3.29. The zero-order valence-electron chi connectivity index (χ0n) is 35.1. The van der Waals surface area contributed by atoms with Gasteiger partial charge in [0.05, 0.1) is 22.1 Å². The van der Waals surface area contributed by atoms with Crippen LogP contribution in [-0.2, 0) is 5.41 Å². The zero-order valence-corrected chi connectivity index (χ0v) is 34.1. The molecule has 288 valence electrons. The van der Waals surface area contributed by atoms with Gasteiger partial charge in [-0.05, 0) is 101 Å². The van der Waals surface area contributed by atoms with Gasteiger partial charge in [0.15, 0.2) is 8.07 Å². The fourth-order valence-electron chi connectivity index (χ4n) is 11.5. The molecule has 7 aromatic carbocycles. The molecule has 2 aromatic heterocycles. The van der Waals surface area contributed by atoms with Crippen LogP contribution in [0.2, 0.25) is 0 Å². The van der Waals surface area contributed by atoms with Gasteiger partial charge in [0.2, 0.25) is 5.78 Å². The number of imidazole rings is 2. The van der Waals surface area contributed by atoms with Gasteiger partial charge in [0.25, 0.3) is 0 Å². The number of rotatable bonds is 7. The van der Waals surface area contributed by atoms with E-state index in [9.17, 15) is 2.74 Å². The maximum atomic E-state index is 10.7. The van der Waals surface area contributed by atoms with E-state index in [1.165, 1.54) is 15.6 Å². The van der Waals surface area contributed by atoms with Crippen molar-refractivity contribution in [2.24, 2.45) is 11.8 Å². The van der Waals surface area contributed by atoms with E-state index in [4.69, 9.17) is 9.72 Å². The van der Waals surface area contributed by atoms with E-state index in [0.29, 0.717) is 0 Å². The highest BCUT2D eigenvalue weighted by atomic mass is 28.3. The van der Waals surface area contributed by atoms with Crippen molar-refractivity contribution in [3.05, 3.63) is 187 Å². The van der Waals surface area contributed by atoms with Crippen LogP contribution in [0.1, 0.15) is 65.2 Å². The molecule has 2 aliphatic carbocycles. The Morgan fingerprint density at radius 1 is 0.542 bits per heavy atom. The molecule has 4 nitrogen and oxygen atoms in total. The van der Waals surface area contributed by atoms with Gasteiger partial charge in [0.1, 0.15) is 11.5 Å². The smallest absolute Gasteiger partial charge is 0.220 e. The highest BCUT2D eigenvalue weighted by Gasteiger charge is 2.55. The van der Waals surface area contributed by atoms with Crippen molar-refractivity contribution in [2.45, 2.75) is 56.8 Å². The quantitative estimate of drug-likeness (QED) is 0.119. The third-order valence-electron chi connectivity index (χ3n) is 13.9. The molecule has 0 N–H and O–H groups in total. The van der Waals surface area contributed by atoms with E-state index in [0.717, 1.165) is 113 Å². The number of fused-ring (bicyclic) bond motifs is 7. The van der Waals surface area contributed by atoms with Crippen LogP contribution in [0.15, 0.2) is 176 Å². The number of aromatic nitrogens is 3.